The van der Waals surface area contributed by atoms with Crippen molar-refractivity contribution in [3.05, 3.63) is 57.6 Å². The first-order valence-corrected chi connectivity index (χ1v) is 12.9. The highest BCUT2D eigenvalue weighted by molar-refractivity contribution is 8.04. The molecule has 0 atom stereocenters. The van der Waals surface area contributed by atoms with E-state index < -0.39 is 20.0 Å². The second kappa shape index (κ2) is 9.18. The molecule has 6 nitrogen and oxygen atoms in total. The highest BCUT2D eigenvalue weighted by Crippen LogP contribution is 2.32. The van der Waals surface area contributed by atoms with Crippen LogP contribution in [0.5, 0.6) is 0 Å². The number of nitrogens with two attached hydrogens (primary N) is 1. The van der Waals surface area contributed by atoms with Crippen molar-refractivity contribution in [1.82, 2.24) is 3.71 Å². The lowest BCUT2D eigenvalue weighted by atomic mass is 10.1. The monoisotopic (exact) mass is 452 g/mol. The summed E-state index contributed by atoms with van der Waals surface area (Å²) in [6.07, 6.45) is 0.877. The van der Waals surface area contributed by atoms with Crippen molar-refractivity contribution in [2.24, 2.45) is 5.73 Å². The van der Waals surface area contributed by atoms with E-state index in [-0.39, 0.29) is 16.3 Å². The van der Waals surface area contributed by atoms with E-state index in [1.165, 1.54) is 0 Å². The van der Waals surface area contributed by atoms with E-state index in [1.54, 1.807) is 52.0 Å². The molecule has 2 N–H and O–H groups in total. The van der Waals surface area contributed by atoms with E-state index in [2.05, 4.69) is 0 Å². The van der Waals surface area contributed by atoms with Gasteiger partial charge in [-0.05, 0) is 83.2 Å². The van der Waals surface area contributed by atoms with Gasteiger partial charge in [0.15, 0.2) is 0 Å². The van der Waals surface area contributed by atoms with E-state index in [4.69, 9.17) is 5.73 Å². The van der Waals surface area contributed by atoms with Crippen molar-refractivity contribution >= 4 is 20.0 Å². The summed E-state index contributed by atoms with van der Waals surface area (Å²) in [6.45, 7) is 10.7. The molecule has 8 heteroatoms. The second-order valence-corrected chi connectivity index (χ2v) is 11.8. The molecule has 0 aliphatic carbocycles. The normalized spacial score (nSPS) is 12.5. The van der Waals surface area contributed by atoms with E-state index >= 15 is 0 Å². The molecule has 30 heavy (non-hydrogen) atoms. The van der Waals surface area contributed by atoms with Gasteiger partial charge in [-0.1, -0.05) is 39.1 Å². The highest BCUT2D eigenvalue weighted by atomic mass is 32.3. The molecular formula is C22H32N2O4S2. The predicted octanol–water partition coefficient (Wildman–Crippen LogP) is 3.66. The maximum absolute atomic E-state index is 13.7. The first-order chi connectivity index (χ1) is 13.8. The molecule has 2 rings (SSSR count). The summed E-state index contributed by atoms with van der Waals surface area (Å²) in [5, 5.41) is 0. The molecule has 0 unspecified atom stereocenters. The fraction of sp³-hybridized carbons (Fsp3) is 0.455. The Kier molecular flexibility index (Phi) is 7.50. The summed E-state index contributed by atoms with van der Waals surface area (Å²) in [5.74, 6) is 0. The third-order valence-corrected chi connectivity index (χ3v) is 9.99. The zero-order valence-corrected chi connectivity index (χ0v) is 20.2. The average molecular weight is 453 g/mol. The first-order valence-electron chi connectivity index (χ1n) is 9.97. The standard InChI is InChI=1S/C22H32N2O4S2/c1-15-11-17(3)21(18(4)12-15)29(25,26)24(10-8-7-9-23)30(27,28)22-19(5)13-16(2)14-20(22)6/h11-14H,7-10,23H2,1-6H3. The molecule has 0 fully saturated rings. The van der Waals surface area contributed by atoms with Gasteiger partial charge in [0.25, 0.3) is 20.0 Å². The zero-order valence-electron chi connectivity index (χ0n) is 18.6. The van der Waals surface area contributed by atoms with Gasteiger partial charge in [-0.2, -0.15) is 0 Å². The summed E-state index contributed by atoms with van der Waals surface area (Å²) >= 11 is 0. The lowest BCUT2D eigenvalue weighted by Crippen LogP contribution is -2.39. The molecular weight excluding hydrogens is 420 g/mol. The van der Waals surface area contributed by atoms with Crippen LogP contribution in [0.3, 0.4) is 0 Å². The number of hydrogen-bond acceptors (Lipinski definition) is 5. The summed E-state index contributed by atoms with van der Waals surface area (Å²) in [7, 11) is -8.61. The largest absolute Gasteiger partial charge is 0.330 e. The minimum absolute atomic E-state index is 0.0480. The van der Waals surface area contributed by atoms with Gasteiger partial charge in [0.05, 0.1) is 9.79 Å². The molecule has 2 aromatic rings. The Balaban J connectivity index is 2.76. The van der Waals surface area contributed by atoms with Crippen LogP contribution in [0.1, 0.15) is 46.2 Å². The molecule has 0 heterocycles. The molecule has 0 amide bonds. The van der Waals surface area contributed by atoms with Gasteiger partial charge in [-0.3, -0.25) is 0 Å². The summed E-state index contributed by atoms with van der Waals surface area (Å²) in [4.78, 5) is 0.0960. The minimum atomic E-state index is -4.30. The Morgan fingerprint density at radius 2 is 1.00 bits per heavy atom. The Morgan fingerprint density at radius 1 is 0.667 bits per heavy atom. The number of sulfonamides is 2. The number of benzene rings is 2. The number of aryl methyl sites for hydroxylation is 6. The molecule has 0 aliphatic heterocycles. The van der Waals surface area contributed by atoms with Gasteiger partial charge in [0, 0.05) is 6.54 Å². The summed E-state index contributed by atoms with van der Waals surface area (Å²) in [6, 6.07) is 7.03. The summed E-state index contributed by atoms with van der Waals surface area (Å²) < 4.78 is 55.5. The Hall–Kier alpha value is -1.74. The predicted molar refractivity (Wildman–Crippen MR) is 121 cm³/mol. The Morgan fingerprint density at radius 3 is 1.30 bits per heavy atom. The number of hydrogen-bond donors (Lipinski definition) is 1. The van der Waals surface area contributed by atoms with Crippen LogP contribution in [0.4, 0.5) is 0 Å². The van der Waals surface area contributed by atoms with Gasteiger partial charge in [0.1, 0.15) is 0 Å². The van der Waals surface area contributed by atoms with Gasteiger partial charge in [-0.25, -0.2) is 16.8 Å². The van der Waals surface area contributed by atoms with Crippen molar-refractivity contribution in [2.75, 3.05) is 13.1 Å². The number of unbranched alkanes of at least 4 members (excludes halogenated alkanes) is 1. The zero-order chi connectivity index (χ0) is 22.9. The molecule has 2 aromatic carbocycles. The van der Waals surface area contributed by atoms with Crippen molar-refractivity contribution in [3.8, 4) is 0 Å². The Labute approximate surface area is 181 Å². The van der Waals surface area contributed by atoms with E-state index in [0.29, 0.717) is 45.4 Å². The maximum atomic E-state index is 13.7. The van der Waals surface area contributed by atoms with Crippen LogP contribution in [0, 0.1) is 41.5 Å². The molecule has 0 bridgehead atoms. The smallest absolute Gasteiger partial charge is 0.256 e. The van der Waals surface area contributed by atoms with Crippen molar-refractivity contribution < 1.29 is 16.8 Å². The molecule has 0 aromatic heterocycles. The number of nitrogens with zero attached hydrogens (tertiary/aromatic N) is 1. The van der Waals surface area contributed by atoms with Crippen LogP contribution in [-0.2, 0) is 20.0 Å². The third-order valence-electron chi connectivity index (χ3n) is 5.06. The van der Waals surface area contributed by atoms with Crippen LogP contribution in [-0.4, -0.2) is 33.6 Å². The highest BCUT2D eigenvalue weighted by Gasteiger charge is 2.39. The lowest BCUT2D eigenvalue weighted by Gasteiger charge is -2.26. The molecule has 0 radical (unpaired) electrons. The van der Waals surface area contributed by atoms with E-state index in [9.17, 15) is 16.8 Å². The lowest BCUT2D eigenvalue weighted by molar-refractivity contribution is 0.485. The topological polar surface area (TPSA) is 97.5 Å². The molecule has 0 saturated carbocycles. The van der Waals surface area contributed by atoms with Gasteiger partial charge >= 0.3 is 0 Å². The average Bonchev–Trinajstić information content (AvgIpc) is 2.55. The van der Waals surface area contributed by atoms with Crippen LogP contribution in [0.2, 0.25) is 0 Å². The van der Waals surface area contributed by atoms with Gasteiger partial charge < -0.3 is 5.73 Å². The quantitative estimate of drug-likeness (QED) is 0.617. The molecule has 0 spiro atoms. The fourth-order valence-electron chi connectivity index (χ4n) is 4.11. The molecule has 166 valence electrons. The van der Waals surface area contributed by atoms with Crippen LogP contribution in [0.25, 0.3) is 0 Å². The second-order valence-electron chi connectivity index (χ2n) is 7.96. The van der Waals surface area contributed by atoms with Crippen molar-refractivity contribution in [3.63, 3.8) is 0 Å². The Bertz CT molecular complexity index is 1020. The fourth-order valence-corrected chi connectivity index (χ4v) is 8.60. The third kappa shape index (κ3) is 4.77. The SMILES string of the molecule is Cc1cc(C)c(S(=O)(=O)N(CCCCN)S(=O)(=O)c2c(C)cc(C)cc2C)c(C)c1. The molecule has 0 saturated heterocycles. The van der Waals surface area contributed by atoms with E-state index in [0.717, 1.165) is 11.1 Å². The van der Waals surface area contributed by atoms with Gasteiger partial charge in [-0.15, -0.1) is 0 Å². The first kappa shape index (κ1) is 24.5. The van der Waals surface area contributed by atoms with Crippen LogP contribution >= 0.6 is 0 Å². The number of rotatable bonds is 8. The minimum Gasteiger partial charge on any atom is -0.330 e. The summed E-state index contributed by atoms with van der Waals surface area (Å²) in [5.41, 5.74) is 9.54. The van der Waals surface area contributed by atoms with E-state index in [1.807, 2.05) is 13.8 Å². The van der Waals surface area contributed by atoms with Gasteiger partial charge in [0.2, 0.25) is 0 Å². The maximum Gasteiger partial charge on any atom is 0.256 e. The van der Waals surface area contributed by atoms with Crippen molar-refractivity contribution in [2.45, 2.75) is 64.2 Å². The van der Waals surface area contributed by atoms with Crippen molar-refractivity contribution in [1.29, 1.82) is 0 Å². The van der Waals surface area contributed by atoms with Crippen LogP contribution < -0.4 is 5.73 Å². The molecule has 0 aliphatic rings. The van der Waals surface area contributed by atoms with Crippen LogP contribution in [0.15, 0.2) is 34.1 Å².